The maximum Gasteiger partial charge on any atom is 0.125 e. The zero-order chi connectivity index (χ0) is 11.5. The molecule has 2 rings (SSSR count). The Morgan fingerprint density at radius 2 is 2.31 bits per heavy atom. The molecule has 1 saturated carbocycles. The van der Waals surface area contributed by atoms with Crippen LogP contribution < -0.4 is 5.73 Å². The number of rotatable bonds is 5. The lowest BCUT2D eigenvalue weighted by atomic mass is 10.1. The van der Waals surface area contributed by atoms with Gasteiger partial charge in [-0.15, -0.1) is 0 Å². The van der Waals surface area contributed by atoms with Gasteiger partial charge >= 0.3 is 0 Å². The topological polar surface area (TPSA) is 55.0 Å². The van der Waals surface area contributed by atoms with Gasteiger partial charge in [-0.05, 0) is 38.8 Å². The maximum atomic E-state index is 5.82. The van der Waals surface area contributed by atoms with Gasteiger partial charge < -0.3 is 5.73 Å². The molecular formula is C12H20N4. The molecule has 1 fully saturated rings. The van der Waals surface area contributed by atoms with Crippen molar-refractivity contribution in [1.29, 1.82) is 0 Å². The van der Waals surface area contributed by atoms with Crippen molar-refractivity contribution in [2.75, 3.05) is 13.6 Å². The number of nitrogens with two attached hydrogens (primary N) is 1. The summed E-state index contributed by atoms with van der Waals surface area (Å²) in [5.74, 6) is 1.64. The van der Waals surface area contributed by atoms with E-state index in [0.717, 1.165) is 30.5 Å². The molecule has 4 heteroatoms. The summed E-state index contributed by atoms with van der Waals surface area (Å²) in [4.78, 5) is 10.8. The molecule has 2 N–H and O–H groups in total. The lowest BCUT2D eigenvalue weighted by molar-refractivity contribution is 0.213. The molecule has 1 heterocycles. The number of hydrogen-bond donors (Lipinski definition) is 1. The van der Waals surface area contributed by atoms with Crippen molar-refractivity contribution in [2.24, 2.45) is 11.7 Å². The maximum absolute atomic E-state index is 5.82. The second-order valence-corrected chi connectivity index (χ2v) is 4.65. The summed E-state index contributed by atoms with van der Waals surface area (Å²) in [6.45, 7) is 3.53. The Morgan fingerprint density at radius 3 is 2.88 bits per heavy atom. The minimum atomic E-state index is 0.510. The molecule has 0 aliphatic heterocycles. The number of likely N-dealkylation sites (N-methyl/N-ethyl adjacent to an activating group) is 1. The van der Waals surface area contributed by atoms with Gasteiger partial charge in [0.05, 0.1) is 5.69 Å². The van der Waals surface area contributed by atoms with Crippen LogP contribution in [0.4, 0.5) is 0 Å². The average Bonchev–Trinajstić information content (AvgIpc) is 3.03. The van der Waals surface area contributed by atoms with Crippen LogP contribution in [0.25, 0.3) is 0 Å². The van der Waals surface area contributed by atoms with Crippen LogP contribution >= 0.6 is 0 Å². The summed E-state index contributed by atoms with van der Waals surface area (Å²) in [5.41, 5.74) is 6.90. The van der Waals surface area contributed by atoms with Crippen molar-refractivity contribution < 1.29 is 0 Å². The largest absolute Gasteiger partial charge is 0.329 e. The van der Waals surface area contributed by atoms with Crippen molar-refractivity contribution >= 4 is 0 Å². The summed E-state index contributed by atoms with van der Waals surface area (Å²) in [7, 11) is 2.13. The molecule has 16 heavy (non-hydrogen) atoms. The first-order chi connectivity index (χ1) is 7.70. The van der Waals surface area contributed by atoms with Gasteiger partial charge in [-0.2, -0.15) is 0 Å². The van der Waals surface area contributed by atoms with Gasteiger partial charge in [0, 0.05) is 25.3 Å². The summed E-state index contributed by atoms with van der Waals surface area (Å²) in [6.07, 6.45) is 4.48. The third kappa shape index (κ3) is 2.77. The molecule has 1 aromatic rings. The molecule has 1 aliphatic rings. The van der Waals surface area contributed by atoms with Crippen molar-refractivity contribution in [1.82, 2.24) is 14.9 Å². The van der Waals surface area contributed by atoms with Gasteiger partial charge in [0.1, 0.15) is 5.82 Å². The zero-order valence-corrected chi connectivity index (χ0v) is 10.1. The van der Waals surface area contributed by atoms with E-state index in [1.165, 1.54) is 12.8 Å². The van der Waals surface area contributed by atoms with E-state index in [1.54, 1.807) is 0 Å². The molecule has 0 spiro atoms. The highest BCUT2D eigenvalue weighted by molar-refractivity contribution is 5.02. The van der Waals surface area contributed by atoms with E-state index in [-0.39, 0.29) is 0 Å². The summed E-state index contributed by atoms with van der Waals surface area (Å²) in [5, 5.41) is 0. The van der Waals surface area contributed by atoms with Gasteiger partial charge in [-0.1, -0.05) is 0 Å². The predicted molar refractivity (Wildman–Crippen MR) is 63.8 cm³/mol. The lowest BCUT2D eigenvalue weighted by Gasteiger charge is -2.26. The molecule has 1 unspecified atom stereocenters. The van der Waals surface area contributed by atoms with Crippen LogP contribution in [0.1, 0.15) is 24.4 Å². The lowest BCUT2D eigenvalue weighted by Crippen LogP contribution is -2.39. The number of aromatic nitrogens is 2. The second-order valence-electron chi connectivity index (χ2n) is 4.65. The molecule has 0 bridgehead atoms. The Bertz CT molecular complexity index is 349. The fourth-order valence-corrected chi connectivity index (χ4v) is 2.18. The average molecular weight is 220 g/mol. The van der Waals surface area contributed by atoms with Crippen LogP contribution in [0.3, 0.4) is 0 Å². The van der Waals surface area contributed by atoms with Crippen molar-refractivity contribution in [3.05, 3.63) is 23.8 Å². The first-order valence-corrected chi connectivity index (χ1v) is 5.89. The van der Waals surface area contributed by atoms with E-state index in [1.807, 2.05) is 19.2 Å². The van der Waals surface area contributed by atoms with Crippen LogP contribution in [0.2, 0.25) is 0 Å². The monoisotopic (exact) mass is 220 g/mol. The third-order valence-corrected chi connectivity index (χ3v) is 3.22. The normalized spacial score (nSPS) is 17.8. The first kappa shape index (κ1) is 11.5. The minimum Gasteiger partial charge on any atom is -0.329 e. The van der Waals surface area contributed by atoms with E-state index < -0.39 is 0 Å². The minimum absolute atomic E-state index is 0.510. The quantitative estimate of drug-likeness (QED) is 0.803. The zero-order valence-electron chi connectivity index (χ0n) is 10.1. The van der Waals surface area contributed by atoms with E-state index in [2.05, 4.69) is 21.9 Å². The van der Waals surface area contributed by atoms with Gasteiger partial charge in [-0.25, -0.2) is 9.97 Å². The highest BCUT2D eigenvalue weighted by atomic mass is 15.2. The molecule has 0 aromatic carbocycles. The predicted octanol–water partition coefficient (Wildman–Crippen LogP) is 0.954. The first-order valence-electron chi connectivity index (χ1n) is 5.89. The Balaban J connectivity index is 1.97. The fraction of sp³-hybridized carbons (Fsp3) is 0.667. The molecular weight excluding hydrogens is 200 g/mol. The molecule has 0 radical (unpaired) electrons. The standard InChI is InChI=1S/C12H20N4/c1-9-14-6-5-11(15-9)8-16(2)12(7-13)10-3-4-10/h5-6,10,12H,3-4,7-8,13H2,1-2H3. The highest BCUT2D eigenvalue weighted by Gasteiger charge is 2.32. The molecule has 0 saturated heterocycles. The smallest absolute Gasteiger partial charge is 0.125 e. The molecule has 1 aromatic heterocycles. The molecule has 1 aliphatic carbocycles. The fourth-order valence-electron chi connectivity index (χ4n) is 2.18. The van der Waals surface area contributed by atoms with Crippen LogP contribution in [0, 0.1) is 12.8 Å². The van der Waals surface area contributed by atoms with E-state index in [9.17, 15) is 0 Å². The van der Waals surface area contributed by atoms with Crippen LogP contribution in [0.5, 0.6) is 0 Å². The van der Waals surface area contributed by atoms with Crippen LogP contribution in [-0.2, 0) is 6.54 Å². The van der Waals surface area contributed by atoms with Gasteiger partial charge in [-0.3, -0.25) is 4.90 Å². The Hall–Kier alpha value is -1.00. The molecule has 88 valence electrons. The Morgan fingerprint density at radius 1 is 1.56 bits per heavy atom. The van der Waals surface area contributed by atoms with E-state index >= 15 is 0 Å². The molecule has 0 amide bonds. The number of nitrogens with zero attached hydrogens (tertiary/aromatic N) is 3. The van der Waals surface area contributed by atoms with E-state index in [0.29, 0.717) is 6.04 Å². The van der Waals surface area contributed by atoms with Crippen molar-refractivity contribution in [2.45, 2.75) is 32.4 Å². The summed E-state index contributed by atoms with van der Waals surface area (Å²) >= 11 is 0. The third-order valence-electron chi connectivity index (χ3n) is 3.22. The second kappa shape index (κ2) is 4.89. The SMILES string of the molecule is Cc1nccc(CN(C)C(CN)C2CC2)n1. The van der Waals surface area contributed by atoms with Gasteiger partial charge in [0.2, 0.25) is 0 Å². The van der Waals surface area contributed by atoms with Crippen molar-refractivity contribution in [3.63, 3.8) is 0 Å². The molecule has 1 atom stereocenters. The number of hydrogen-bond acceptors (Lipinski definition) is 4. The Labute approximate surface area is 96.9 Å². The summed E-state index contributed by atoms with van der Waals surface area (Å²) in [6, 6.07) is 2.49. The van der Waals surface area contributed by atoms with Gasteiger partial charge in [0.25, 0.3) is 0 Å². The van der Waals surface area contributed by atoms with Gasteiger partial charge in [0.15, 0.2) is 0 Å². The Kier molecular flexibility index (Phi) is 3.51. The van der Waals surface area contributed by atoms with Crippen LogP contribution in [0.15, 0.2) is 12.3 Å². The van der Waals surface area contributed by atoms with E-state index in [4.69, 9.17) is 5.73 Å². The highest BCUT2D eigenvalue weighted by Crippen LogP contribution is 2.34. The molecule has 4 nitrogen and oxygen atoms in total. The number of aryl methyl sites for hydroxylation is 1. The van der Waals surface area contributed by atoms with Crippen LogP contribution in [-0.4, -0.2) is 34.5 Å². The van der Waals surface area contributed by atoms with Crippen molar-refractivity contribution in [3.8, 4) is 0 Å². The summed E-state index contributed by atoms with van der Waals surface area (Å²) < 4.78 is 0.